The lowest BCUT2D eigenvalue weighted by Crippen LogP contribution is -2.49. The number of rotatable bonds is 21. The van der Waals surface area contributed by atoms with Crippen molar-refractivity contribution in [2.75, 3.05) is 0 Å². The third-order valence-electron chi connectivity index (χ3n) is 11.5. The van der Waals surface area contributed by atoms with Crippen LogP contribution in [0.3, 0.4) is 0 Å². The van der Waals surface area contributed by atoms with Crippen molar-refractivity contribution in [2.24, 2.45) is 16.7 Å². The lowest BCUT2D eigenvalue weighted by atomic mass is 9.53. The van der Waals surface area contributed by atoms with Crippen LogP contribution >= 0.6 is 0 Å². The molecule has 3 aromatic rings. The van der Waals surface area contributed by atoms with Gasteiger partial charge in [-0.1, -0.05) is 197 Å². The predicted molar refractivity (Wildman–Crippen MR) is 195 cm³/mol. The van der Waals surface area contributed by atoms with E-state index in [-0.39, 0.29) is 16.9 Å². The fourth-order valence-corrected chi connectivity index (χ4v) is 9.10. The molecular weight excluding hydrogens is 560 g/mol. The average molecular weight is 622 g/mol. The van der Waals surface area contributed by atoms with Crippen LogP contribution in [-0.2, 0) is 15.6 Å². The third kappa shape index (κ3) is 7.48. The molecule has 1 aliphatic carbocycles. The van der Waals surface area contributed by atoms with Gasteiger partial charge in [0.1, 0.15) is 11.9 Å². The van der Waals surface area contributed by atoms with Crippen molar-refractivity contribution in [3.8, 4) is 5.75 Å². The molecule has 0 aromatic heterocycles. The molecule has 1 radical (unpaired) electrons. The Labute approximate surface area is 281 Å². The number of hydrogen-bond donors (Lipinski definition) is 0. The first kappa shape index (κ1) is 36.0. The van der Waals surface area contributed by atoms with E-state index in [1.807, 2.05) is 30.3 Å². The van der Waals surface area contributed by atoms with Gasteiger partial charge in [-0.05, 0) is 35.6 Å². The van der Waals surface area contributed by atoms with E-state index in [2.05, 4.69) is 108 Å². The molecule has 1 fully saturated rings. The minimum Gasteiger partial charge on any atom is -0.489 e. The van der Waals surface area contributed by atoms with Gasteiger partial charge in [-0.15, -0.1) is 0 Å². The molecule has 0 saturated heterocycles. The van der Waals surface area contributed by atoms with E-state index in [4.69, 9.17) is 4.74 Å². The van der Waals surface area contributed by atoms with Gasteiger partial charge in [0.05, 0.1) is 5.41 Å². The Bertz CT molecular complexity index is 1240. The van der Waals surface area contributed by atoms with Gasteiger partial charge in [0.2, 0.25) is 6.29 Å². The highest BCUT2D eigenvalue weighted by molar-refractivity contribution is 5.74. The van der Waals surface area contributed by atoms with Crippen LogP contribution in [0.15, 0.2) is 91.0 Å². The van der Waals surface area contributed by atoms with Crippen LogP contribution in [0.5, 0.6) is 5.75 Å². The Morgan fingerprint density at radius 1 is 0.609 bits per heavy atom. The van der Waals surface area contributed by atoms with E-state index >= 15 is 0 Å². The molecule has 0 heterocycles. The summed E-state index contributed by atoms with van der Waals surface area (Å²) in [5.41, 5.74) is 0.452. The second-order valence-corrected chi connectivity index (χ2v) is 15.5. The molecular formula is C44H61O2. The second-order valence-electron chi connectivity index (χ2n) is 15.5. The second kappa shape index (κ2) is 16.3. The van der Waals surface area contributed by atoms with Crippen LogP contribution < -0.4 is 4.74 Å². The summed E-state index contributed by atoms with van der Waals surface area (Å²) in [6.07, 6.45) is 18.9. The molecule has 2 heteroatoms. The number of unbranched alkanes of at least 4 members (excludes halogenated alkanes) is 10. The minimum atomic E-state index is -0.739. The maximum atomic E-state index is 13.6. The van der Waals surface area contributed by atoms with Crippen LogP contribution in [0.4, 0.5) is 0 Å². The topological polar surface area (TPSA) is 26.3 Å². The Morgan fingerprint density at radius 2 is 1.00 bits per heavy atom. The molecule has 46 heavy (non-hydrogen) atoms. The molecule has 1 aliphatic rings. The Balaban J connectivity index is 1.51. The van der Waals surface area contributed by atoms with Gasteiger partial charge in [0.15, 0.2) is 0 Å². The number of benzene rings is 3. The zero-order valence-electron chi connectivity index (χ0n) is 29.8. The van der Waals surface area contributed by atoms with Gasteiger partial charge in [-0.3, -0.25) is 4.79 Å². The third-order valence-corrected chi connectivity index (χ3v) is 11.5. The van der Waals surface area contributed by atoms with E-state index < -0.39 is 10.8 Å². The van der Waals surface area contributed by atoms with Crippen molar-refractivity contribution in [3.05, 3.63) is 102 Å². The van der Waals surface area contributed by atoms with E-state index in [1.165, 1.54) is 75.3 Å². The molecule has 2 nitrogen and oxygen atoms in total. The Kier molecular flexibility index (Phi) is 12.7. The number of ether oxygens (including phenoxy) is 1. The number of hydrogen-bond acceptors (Lipinski definition) is 2. The van der Waals surface area contributed by atoms with Crippen molar-refractivity contribution in [1.82, 2.24) is 0 Å². The molecule has 0 amide bonds. The Morgan fingerprint density at radius 3 is 1.41 bits per heavy atom. The van der Waals surface area contributed by atoms with Crippen molar-refractivity contribution in [3.63, 3.8) is 0 Å². The average Bonchev–Trinajstić information content (AvgIpc) is 3.67. The lowest BCUT2D eigenvalue weighted by molar-refractivity contribution is 0.0955. The van der Waals surface area contributed by atoms with Gasteiger partial charge in [-0.2, -0.15) is 0 Å². The van der Waals surface area contributed by atoms with E-state index in [1.54, 1.807) is 0 Å². The van der Waals surface area contributed by atoms with Crippen LogP contribution in [0.2, 0.25) is 0 Å². The summed E-state index contributed by atoms with van der Waals surface area (Å²) in [5.74, 6) is 1.66. The zero-order valence-corrected chi connectivity index (χ0v) is 29.8. The summed E-state index contributed by atoms with van der Waals surface area (Å²) in [5, 5.41) is 0. The van der Waals surface area contributed by atoms with Gasteiger partial charge in [0.25, 0.3) is 0 Å². The molecule has 1 saturated carbocycles. The first-order valence-electron chi connectivity index (χ1n) is 18.4. The van der Waals surface area contributed by atoms with Gasteiger partial charge < -0.3 is 4.74 Å². The van der Waals surface area contributed by atoms with Crippen molar-refractivity contribution < 1.29 is 9.53 Å². The summed E-state index contributed by atoms with van der Waals surface area (Å²) in [6.45, 7) is 14.0. The molecule has 0 bridgehead atoms. The summed E-state index contributed by atoms with van der Waals surface area (Å²) < 4.78 is 6.97. The number of para-hydroxylation sites is 1. The zero-order chi connectivity index (χ0) is 33.1. The van der Waals surface area contributed by atoms with E-state index in [0.29, 0.717) is 0 Å². The molecule has 4 rings (SSSR count). The standard InChI is InChI=1S/C44H61O2/c1-36(2)27-19-14-12-10-8-7-9-11-13-15-26-34-43(35-45)40(46-39-32-24-18-25-33-39)44(43,41(3,4)37-28-20-16-21-29-37)42(5,6)38-30-22-17-23-31-38/h16-18,20-25,28-33,36,40H,7-15,19,26-27,34H2,1-6H3. The van der Waals surface area contributed by atoms with Crippen molar-refractivity contribution >= 4 is 6.29 Å². The van der Waals surface area contributed by atoms with Crippen LogP contribution in [0, 0.1) is 16.7 Å². The first-order chi connectivity index (χ1) is 22.1. The molecule has 2 unspecified atom stereocenters. The monoisotopic (exact) mass is 621 g/mol. The summed E-state index contributed by atoms with van der Waals surface area (Å²) >= 11 is 0. The van der Waals surface area contributed by atoms with Crippen molar-refractivity contribution in [2.45, 2.75) is 142 Å². The highest BCUT2D eigenvalue weighted by atomic mass is 16.5. The highest BCUT2D eigenvalue weighted by Gasteiger charge is 2.88. The predicted octanol–water partition coefficient (Wildman–Crippen LogP) is 12.2. The molecule has 3 aromatic carbocycles. The lowest BCUT2D eigenvalue weighted by Gasteiger charge is -2.48. The maximum absolute atomic E-state index is 13.6. The van der Waals surface area contributed by atoms with Gasteiger partial charge >= 0.3 is 0 Å². The summed E-state index contributed by atoms with van der Waals surface area (Å²) in [6, 6.07) is 31.6. The summed E-state index contributed by atoms with van der Waals surface area (Å²) in [4.78, 5) is 13.6. The van der Waals surface area contributed by atoms with Crippen LogP contribution in [-0.4, -0.2) is 12.4 Å². The minimum absolute atomic E-state index is 0.300. The fraction of sp³-hybridized carbons (Fsp3) is 0.568. The smallest absolute Gasteiger partial charge is 0.209 e. The molecule has 0 aliphatic heterocycles. The van der Waals surface area contributed by atoms with Crippen LogP contribution in [0.1, 0.15) is 136 Å². The Hall–Kier alpha value is -2.87. The number of carbonyl (C=O) groups excluding carboxylic acids is 1. The first-order valence-corrected chi connectivity index (χ1v) is 18.4. The fourth-order valence-electron chi connectivity index (χ4n) is 9.10. The quantitative estimate of drug-likeness (QED) is 0.111. The van der Waals surface area contributed by atoms with E-state index in [9.17, 15) is 4.79 Å². The van der Waals surface area contributed by atoms with Gasteiger partial charge in [0, 0.05) is 16.2 Å². The normalized spacial score (nSPS) is 19.2. The van der Waals surface area contributed by atoms with E-state index in [0.717, 1.165) is 30.9 Å². The largest absolute Gasteiger partial charge is 0.489 e. The SMILES string of the molecule is CC(C)CCCCCCCCCCCCCC1([C]=O)C(Oc2ccccc2)C1(C(C)(C)c1ccccc1)C(C)(C)c1ccccc1. The highest BCUT2D eigenvalue weighted by Crippen LogP contribution is 2.80. The van der Waals surface area contributed by atoms with Crippen LogP contribution in [0.25, 0.3) is 0 Å². The molecule has 0 N–H and O–H groups in total. The van der Waals surface area contributed by atoms with Crippen molar-refractivity contribution in [1.29, 1.82) is 0 Å². The summed E-state index contributed by atoms with van der Waals surface area (Å²) in [7, 11) is 0. The maximum Gasteiger partial charge on any atom is 0.209 e. The molecule has 2 atom stereocenters. The molecule has 0 spiro atoms. The molecule has 249 valence electrons. The van der Waals surface area contributed by atoms with Gasteiger partial charge in [-0.25, -0.2) is 0 Å².